The molecule has 1 rings (SSSR count). The third-order valence-corrected chi connectivity index (χ3v) is 3.17. The number of ether oxygens (including phenoxy) is 1. The molecule has 0 heterocycles. The molecule has 1 amide bonds. The number of hydrogen-bond acceptors (Lipinski definition) is 3. The van der Waals surface area contributed by atoms with E-state index in [-0.39, 0.29) is 17.9 Å². The van der Waals surface area contributed by atoms with Crippen molar-refractivity contribution in [2.24, 2.45) is 5.92 Å². The first kappa shape index (κ1) is 17.2. The van der Waals surface area contributed by atoms with Crippen molar-refractivity contribution in [3.8, 4) is 5.75 Å². The van der Waals surface area contributed by atoms with Crippen molar-refractivity contribution in [2.45, 2.75) is 53.0 Å². The highest BCUT2D eigenvalue weighted by Gasteiger charge is 2.10. The van der Waals surface area contributed by atoms with Gasteiger partial charge in [0.1, 0.15) is 5.75 Å². The summed E-state index contributed by atoms with van der Waals surface area (Å²) in [7, 11) is 0. The fourth-order valence-corrected chi connectivity index (χ4v) is 2.05. The molecule has 1 N–H and O–H groups in total. The van der Waals surface area contributed by atoms with Crippen LogP contribution in [0.5, 0.6) is 5.75 Å². The van der Waals surface area contributed by atoms with Crippen LogP contribution in [0.3, 0.4) is 0 Å². The van der Waals surface area contributed by atoms with Gasteiger partial charge in [-0.2, -0.15) is 0 Å². The molecular formula is C17H25NO3. The van der Waals surface area contributed by atoms with Crippen LogP contribution < -0.4 is 10.1 Å². The first-order valence-corrected chi connectivity index (χ1v) is 7.48. The zero-order valence-corrected chi connectivity index (χ0v) is 13.3. The summed E-state index contributed by atoms with van der Waals surface area (Å²) in [5.41, 5.74) is 0.571. The molecule has 1 aromatic rings. The van der Waals surface area contributed by atoms with Crippen molar-refractivity contribution in [3.05, 3.63) is 29.8 Å². The predicted octanol–water partition coefficient (Wildman–Crippen LogP) is 3.56. The maximum atomic E-state index is 12.1. The third-order valence-electron chi connectivity index (χ3n) is 3.17. The SMILES string of the molecule is CC(=O)Oc1ccc(C(=O)N[C@@H](C)CCCC(C)C)cc1. The molecule has 4 nitrogen and oxygen atoms in total. The van der Waals surface area contributed by atoms with E-state index in [2.05, 4.69) is 19.2 Å². The van der Waals surface area contributed by atoms with Crippen LogP contribution >= 0.6 is 0 Å². The number of esters is 1. The van der Waals surface area contributed by atoms with Gasteiger partial charge in [0.05, 0.1) is 0 Å². The summed E-state index contributed by atoms with van der Waals surface area (Å²) in [6.07, 6.45) is 3.28. The lowest BCUT2D eigenvalue weighted by Gasteiger charge is -2.14. The maximum absolute atomic E-state index is 12.1. The molecule has 0 spiro atoms. The molecule has 1 atom stereocenters. The topological polar surface area (TPSA) is 55.4 Å². The highest BCUT2D eigenvalue weighted by molar-refractivity contribution is 5.94. The van der Waals surface area contributed by atoms with Crippen LogP contribution in [0.1, 0.15) is 57.3 Å². The Morgan fingerprint density at radius 3 is 2.24 bits per heavy atom. The Kier molecular flexibility index (Phi) is 6.92. The third kappa shape index (κ3) is 6.93. The maximum Gasteiger partial charge on any atom is 0.308 e. The fraction of sp³-hybridized carbons (Fsp3) is 0.529. The number of carbonyl (C=O) groups is 2. The van der Waals surface area contributed by atoms with E-state index in [0.29, 0.717) is 17.2 Å². The van der Waals surface area contributed by atoms with Crippen molar-refractivity contribution in [2.75, 3.05) is 0 Å². The molecule has 0 aromatic heterocycles. The molecule has 1 aromatic carbocycles. The van der Waals surface area contributed by atoms with Gasteiger partial charge in [-0.15, -0.1) is 0 Å². The molecule has 0 saturated heterocycles. The van der Waals surface area contributed by atoms with Gasteiger partial charge in [-0.25, -0.2) is 0 Å². The number of benzene rings is 1. The Bertz CT molecular complexity index is 465. The van der Waals surface area contributed by atoms with Crippen LogP contribution in [0, 0.1) is 5.92 Å². The minimum absolute atomic E-state index is 0.0959. The Labute approximate surface area is 126 Å². The number of amides is 1. The molecule has 0 aliphatic carbocycles. The lowest BCUT2D eigenvalue weighted by Crippen LogP contribution is -2.32. The zero-order valence-electron chi connectivity index (χ0n) is 13.3. The van der Waals surface area contributed by atoms with Crippen LogP contribution in [0.2, 0.25) is 0 Å². The van der Waals surface area contributed by atoms with E-state index in [1.54, 1.807) is 24.3 Å². The number of nitrogens with one attached hydrogen (secondary N) is 1. The summed E-state index contributed by atoms with van der Waals surface area (Å²) in [5, 5.41) is 2.98. The van der Waals surface area contributed by atoms with Gasteiger partial charge in [-0.3, -0.25) is 9.59 Å². The van der Waals surface area contributed by atoms with Gasteiger partial charge >= 0.3 is 5.97 Å². The molecule has 0 radical (unpaired) electrons. The molecule has 0 aliphatic rings. The van der Waals surface area contributed by atoms with Gasteiger partial charge in [-0.1, -0.05) is 26.7 Å². The molecule has 4 heteroatoms. The summed E-state index contributed by atoms with van der Waals surface area (Å²) in [4.78, 5) is 22.9. The van der Waals surface area contributed by atoms with Gasteiger partial charge in [-0.05, 0) is 43.5 Å². The second kappa shape index (κ2) is 8.45. The van der Waals surface area contributed by atoms with Crippen LogP contribution in [0.4, 0.5) is 0 Å². The van der Waals surface area contributed by atoms with Crippen LogP contribution in [0.15, 0.2) is 24.3 Å². The number of carbonyl (C=O) groups excluding carboxylic acids is 2. The summed E-state index contributed by atoms with van der Waals surface area (Å²) in [6.45, 7) is 7.77. The second-order valence-electron chi connectivity index (χ2n) is 5.82. The molecular weight excluding hydrogens is 266 g/mol. The minimum Gasteiger partial charge on any atom is -0.427 e. The van der Waals surface area contributed by atoms with Crippen molar-refractivity contribution >= 4 is 11.9 Å². The van der Waals surface area contributed by atoms with Crippen LogP contribution in [-0.2, 0) is 4.79 Å². The van der Waals surface area contributed by atoms with Crippen molar-refractivity contribution in [1.82, 2.24) is 5.32 Å². The lowest BCUT2D eigenvalue weighted by atomic mass is 10.0. The van der Waals surface area contributed by atoms with E-state index in [1.165, 1.54) is 13.3 Å². The quantitative estimate of drug-likeness (QED) is 0.617. The first-order valence-electron chi connectivity index (χ1n) is 7.48. The van der Waals surface area contributed by atoms with E-state index < -0.39 is 0 Å². The molecule has 0 aliphatic heterocycles. The number of hydrogen-bond donors (Lipinski definition) is 1. The normalized spacial score (nSPS) is 12.0. The summed E-state index contributed by atoms with van der Waals surface area (Å²) in [6, 6.07) is 6.73. The molecule has 0 fully saturated rings. The predicted molar refractivity (Wildman–Crippen MR) is 83.4 cm³/mol. The molecule has 0 saturated carbocycles. The standard InChI is InChI=1S/C17H25NO3/c1-12(2)6-5-7-13(3)18-17(20)15-8-10-16(11-9-15)21-14(4)19/h8-13H,5-7H2,1-4H3,(H,18,20)/t13-/m0/s1. The Morgan fingerprint density at radius 2 is 1.71 bits per heavy atom. The smallest absolute Gasteiger partial charge is 0.308 e. The van der Waals surface area contributed by atoms with Crippen molar-refractivity contribution in [3.63, 3.8) is 0 Å². The Morgan fingerprint density at radius 1 is 1.10 bits per heavy atom. The first-order chi connectivity index (χ1) is 9.88. The summed E-state index contributed by atoms with van der Waals surface area (Å²) < 4.78 is 4.93. The summed E-state index contributed by atoms with van der Waals surface area (Å²) in [5.74, 6) is 0.679. The highest BCUT2D eigenvalue weighted by atomic mass is 16.5. The summed E-state index contributed by atoms with van der Waals surface area (Å²) >= 11 is 0. The number of rotatable bonds is 7. The molecule has 0 unspecified atom stereocenters. The largest absolute Gasteiger partial charge is 0.427 e. The lowest BCUT2D eigenvalue weighted by molar-refractivity contribution is -0.131. The minimum atomic E-state index is -0.369. The average Bonchev–Trinajstić information content (AvgIpc) is 2.38. The average molecular weight is 291 g/mol. The highest BCUT2D eigenvalue weighted by Crippen LogP contribution is 2.13. The van der Waals surface area contributed by atoms with Gasteiger partial charge in [0.2, 0.25) is 0 Å². The van der Waals surface area contributed by atoms with Crippen molar-refractivity contribution in [1.29, 1.82) is 0 Å². The van der Waals surface area contributed by atoms with E-state index >= 15 is 0 Å². The van der Waals surface area contributed by atoms with Gasteiger partial charge in [0.15, 0.2) is 0 Å². The van der Waals surface area contributed by atoms with Crippen LogP contribution in [-0.4, -0.2) is 17.9 Å². The van der Waals surface area contributed by atoms with Gasteiger partial charge in [0.25, 0.3) is 5.91 Å². The zero-order chi connectivity index (χ0) is 15.8. The van der Waals surface area contributed by atoms with Gasteiger partial charge in [0, 0.05) is 18.5 Å². The van der Waals surface area contributed by atoms with E-state index in [9.17, 15) is 9.59 Å². The monoisotopic (exact) mass is 291 g/mol. The second-order valence-corrected chi connectivity index (χ2v) is 5.82. The van der Waals surface area contributed by atoms with E-state index in [0.717, 1.165) is 12.8 Å². The van der Waals surface area contributed by atoms with Crippen LogP contribution in [0.25, 0.3) is 0 Å². The molecule has 116 valence electrons. The van der Waals surface area contributed by atoms with E-state index in [1.807, 2.05) is 6.92 Å². The van der Waals surface area contributed by atoms with E-state index in [4.69, 9.17) is 4.74 Å². The van der Waals surface area contributed by atoms with Crippen molar-refractivity contribution < 1.29 is 14.3 Å². The molecule has 0 bridgehead atoms. The molecule has 21 heavy (non-hydrogen) atoms. The van der Waals surface area contributed by atoms with Gasteiger partial charge < -0.3 is 10.1 Å². The Hall–Kier alpha value is -1.84. The Balaban J connectivity index is 2.45. The fourth-order valence-electron chi connectivity index (χ4n) is 2.05.